The van der Waals surface area contributed by atoms with Crippen LogP contribution in [0.1, 0.15) is 56.7 Å². The lowest BCUT2D eigenvalue weighted by Crippen LogP contribution is -2.21. The minimum absolute atomic E-state index is 0.00393. The van der Waals surface area contributed by atoms with E-state index in [1.54, 1.807) is 0 Å². The van der Waals surface area contributed by atoms with E-state index in [0.717, 1.165) is 22.2 Å². The third-order valence-corrected chi connectivity index (χ3v) is 5.40. The molecule has 1 aliphatic carbocycles. The van der Waals surface area contributed by atoms with Crippen molar-refractivity contribution >= 4 is 27.5 Å². The Hall–Kier alpha value is -1.94. The molecule has 0 heterocycles. The van der Waals surface area contributed by atoms with Crippen LogP contribution < -0.4 is 5.43 Å². The normalized spacial score (nSPS) is 20.0. The smallest absolute Gasteiger partial charge is 0.243 e. The number of hydrogen-bond acceptors (Lipinski definition) is 2. The number of amides is 1. The molecular formula is C22H25BrN2O. The van der Waals surface area contributed by atoms with Gasteiger partial charge in [-0.15, -0.1) is 0 Å². The van der Waals surface area contributed by atoms with E-state index in [1.165, 1.54) is 11.1 Å². The quantitative estimate of drug-likeness (QED) is 0.530. The molecular weight excluding hydrogens is 388 g/mol. The minimum Gasteiger partial charge on any atom is -0.273 e. The van der Waals surface area contributed by atoms with Crippen molar-refractivity contribution in [3.05, 3.63) is 69.7 Å². The zero-order valence-electron chi connectivity index (χ0n) is 15.7. The van der Waals surface area contributed by atoms with Gasteiger partial charge in [0.05, 0.1) is 5.71 Å². The molecule has 3 rings (SSSR count). The largest absolute Gasteiger partial charge is 0.273 e. The number of benzene rings is 2. The van der Waals surface area contributed by atoms with E-state index in [9.17, 15) is 4.79 Å². The SMILES string of the molecule is CC(=NNC(=O)C1CC1c1ccc(C(C)(C)C)cc1)c1cccc(Br)c1. The number of carbonyl (C=O) groups is 1. The Bertz CT molecular complexity index is 834. The number of hydrazone groups is 1. The lowest BCUT2D eigenvalue weighted by molar-refractivity contribution is -0.122. The summed E-state index contributed by atoms with van der Waals surface area (Å²) in [6.45, 7) is 8.53. The second-order valence-corrected chi connectivity index (χ2v) is 8.92. The van der Waals surface area contributed by atoms with Gasteiger partial charge < -0.3 is 0 Å². The highest BCUT2D eigenvalue weighted by atomic mass is 79.9. The monoisotopic (exact) mass is 412 g/mol. The van der Waals surface area contributed by atoms with Crippen molar-refractivity contribution in [2.75, 3.05) is 0 Å². The van der Waals surface area contributed by atoms with Gasteiger partial charge in [0.15, 0.2) is 0 Å². The fraction of sp³-hybridized carbons (Fsp3) is 0.364. The van der Waals surface area contributed by atoms with Crippen LogP contribution in [0.3, 0.4) is 0 Å². The topological polar surface area (TPSA) is 41.5 Å². The molecule has 0 bridgehead atoms. The molecule has 1 aliphatic rings. The van der Waals surface area contributed by atoms with Crippen molar-refractivity contribution in [1.82, 2.24) is 5.43 Å². The third-order valence-electron chi connectivity index (χ3n) is 4.91. The summed E-state index contributed by atoms with van der Waals surface area (Å²) in [4.78, 5) is 12.4. The number of nitrogens with zero attached hydrogens (tertiary/aromatic N) is 1. The summed E-state index contributed by atoms with van der Waals surface area (Å²) in [5.74, 6) is 0.337. The molecule has 2 unspecified atom stereocenters. The zero-order valence-corrected chi connectivity index (χ0v) is 17.3. The Kier molecular flexibility index (Phi) is 5.33. The summed E-state index contributed by atoms with van der Waals surface area (Å²) < 4.78 is 0.997. The van der Waals surface area contributed by atoms with Gasteiger partial charge in [0, 0.05) is 10.4 Å². The summed E-state index contributed by atoms with van der Waals surface area (Å²) in [7, 11) is 0. The molecule has 0 radical (unpaired) electrons. The molecule has 3 nitrogen and oxygen atoms in total. The summed E-state index contributed by atoms with van der Waals surface area (Å²) in [6.07, 6.45) is 0.895. The Morgan fingerprint density at radius 3 is 2.46 bits per heavy atom. The van der Waals surface area contributed by atoms with Gasteiger partial charge in [-0.2, -0.15) is 5.10 Å². The summed E-state index contributed by atoms with van der Waals surface area (Å²) in [5.41, 5.74) is 7.23. The van der Waals surface area contributed by atoms with Crippen LogP contribution >= 0.6 is 15.9 Å². The van der Waals surface area contributed by atoms with E-state index < -0.39 is 0 Å². The van der Waals surface area contributed by atoms with Gasteiger partial charge in [-0.25, -0.2) is 5.43 Å². The first kappa shape index (κ1) is 18.8. The first-order chi connectivity index (χ1) is 12.3. The third kappa shape index (κ3) is 4.42. The van der Waals surface area contributed by atoms with E-state index in [0.29, 0.717) is 5.92 Å². The molecule has 1 fully saturated rings. The van der Waals surface area contributed by atoms with Crippen molar-refractivity contribution in [3.8, 4) is 0 Å². The maximum absolute atomic E-state index is 12.4. The molecule has 4 heteroatoms. The second-order valence-electron chi connectivity index (χ2n) is 8.00. The summed E-state index contributed by atoms with van der Waals surface area (Å²) in [6, 6.07) is 16.6. The second kappa shape index (κ2) is 7.36. The molecule has 136 valence electrons. The molecule has 1 N–H and O–H groups in total. The predicted molar refractivity (Wildman–Crippen MR) is 110 cm³/mol. The molecule has 0 saturated heterocycles. The van der Waals surface area contributed by atoms with Crippen LogP contribution in [0, 0.1) is 5.92 Å². The van der Waals surface area contributed by atoms with Crippen LogP contribution in [0.25, 0.3) is 0 Å². The van der Waals surface area contributed by atoms with Crippen molar-refractivity contribution in [2.45, 2.75) is 45.4 Å². The fourth-order valence-electron chi connectivity index (χ4n) is 3.08. The van der Waals surface area contributed by atoms with Gasteiger partial charge in [-0.3, -0.25) is 4.79 Å². The van der Waals surface area contributed by atoms with Crippen LogP contribution in [-0.2, 0) is 10.2 Å². The zero-order chi connectivity index (χ0) is 18.9. The molecule has 26 heavy (non-hydrogen) atoms. The maximum Gasteiger partial charge on any atom is 0.243 e. The lowest BCUT2D eigenvalue weighted by atomic mass is 9.86. The number of carbonyl (C=O) groups excluding carboxylic acids is 1. The van der Waals surface area contributed by atoms with Gasteiger partial charge in [0.2, 0.25) is 5.91 Å². The standard InChI is InChI=1S/C22H25BrN2O/c1-14(16-6-5-7-18(23)12-16)24-25-21(26)20-13-19(20)15-8-10-17(11-9-15)22(2,3)4/h5-12,19-20H,13H2,1-4H3,(H,25,26). The van der Waals surface area contributed by atoms with Crippen molar-refractivity contribution in [1.29, 1.82) is 0 Å². The number of nitrogens with one attached hydrogen (secondary N) is 1. The first-order valence-electron chi connectivity index (χ1n) is 8.96. The molecule has 0 aliphatic heterocycles. The summed E-state index contributed by atoms with van der Waals surface area (Å²) >= 11 is 3.45. The maximum atomic E-state index is 12.4. The highest BCUT2D eigenvalue weighted by Gasteiger charge is 2.44. The van der Waals surface area contributed by atoms with Gasteiger partial charge >= 0.3 is 0 Å². The molecule has 0 spiro atoms. The fourth-order valence-corrected chi connectivity index (χ4v) is 3.48. The van der Waals surface area contributed by atoms with Crippen molar-refractivity contribution in [3.63, 3.8) is 0 Å². The molecule has 2 aromatic rings. The van der Waals surface area contributed by atoms with E-state index in [-0.39, 0.29) is 17.2 Å². The molecule has 2 aromatic carbocycles. The predicted octanol–water partition coefficient (Wildman–Crippen LogP) is 5.39. The minimum atomic E-state index is 0.00393. The molecule has 1 saturated carbocycles. The number of hydrogen-bond donors (Lipinski definition) is 1. The molecule has 1 amide bonds. The highest BCUT2D eigenvalue weighted by molar-refractivity contribution is 9.10. The van der Waals surface area contributed by atoms with Crippen LogP contribution in [0.2, 0.25) is 0 Å². The van der Waals surface area contributed by atoms with E-state index in [2.05, 4.69) is 71.5 Å². The Labute approximate surface area is 164 Å². The molecule has 2 atom stereocenters. The first-order valence-corrected chi connectivity index (χ1v) is 9.75. The number of halogens is 1. The summed E-state index contributed by atoms with van der Waals surface area (Å²) in [5, 5.41) is 4.27. The van der Waals surface area contributed by atoms with Crippen LogP contribution in [0.15, 0.2) is 58.1 Å². The van der Waals surface area contributed by atoms with Gasteiger partial charge in [0.1, 0.15) is 0 Å². The van der Waals surface area contributed by atoms with Crippen LogP contribution in [-0.4, -0.2) is 11.6 Å². The highest BCUT2D eigenvalue weighted by Crippen LogP contribution is 2.47. The average molecular weight is 413 g/mol. The average Bonchev–Trinajstić information content (AvgIpc) is 3.39. The van der Waals surface area contributed by atoms with Crippen LogP contribution in [0.5, 0.6) is 0 Å². The van der Waals surface area contributed by atoms with E-state index in [4.69, 9.17) is 0 Å². The van der Waals surface area contributed by atoms with Crippen LogP contribution in [0.4, 0.5) is 0 Å². The number of rotatable bonds is 4. The Morgan fingerprint density at radius 2 is 1.85 bits per heavy atom. The van der Waals surface area contributed by atoms with Crippen molar-refractivity contribution < 1.29 is 4.79 Å². The Morgan fingerprint density at radius 1 is 1.15 bits per heavy atom. The lowest BCUT2D eigenvalue weighted by Gasteiger charge is -2.19. The van der Waals surface area contributed by atoms with E-state index in [1.807, 2.05) is 31.2 Å². The molecule has 0 aromatic heterocycles. The van der Waals surface area contributed by atoms with E-state index >= 15 is 0 Å². The Balaban J connectivity index is 1.60. The van der Waals surface area contributed by atoms with Gasteiger partial charge in [-0.05, 0) is 53.5 Å². The van der Waals surface area contributed by atoms with Crippen molar-refractivity contribution in [2.24, 2.45) is 11.0 Å². The van der Waals surface area contributed by atoms with Gasteiger partial charge in [0.25, 0.3) is 0 Å². The van der Waals surface area contributed by atoms with Gasteiger partial charge in [-0.1, -0.05) is 73.1 Å².